The molecular formula is C8H6ClN3O5. The zero-order valence-electron chi connectivity index (χ0n) is 8.47. The maximum Gasteiger partial charge on any atom is 0.300 e. The molecule has 0 aliphatic rings. The van der Waals surface area contributed by atoms with Gasteiger partial charge < -0.3 is 5.32 Å². The first-order chi connectivity index (χ1) is 7.88. The van der Waals surface area contributed by atoms with Crippen LogP contribution < -0.4 is 5.32 Å². The highest BCUT2D eigenvalue weighted by molar-refractivity contribution is 6.67. The summed E-state index contributed by atoms with van der Waals surface area (Å²) in [5.41, 5.74) is -1.73. The number of nitro benzene ring substituents is 2. The Hall–Kier alpha value is -2.22. The third kappa shape index (κ3) is 2.48. The van der Waals surface area contributed by atoms with Crippen LogP contribution in [0.1, 0.15) is 10.4 Å². The van der Waals surface area contributed by atoms with Crippen LogP contribution in [0.4, 0.5) is 17.1 Å². The van der Waals surface area contributed by atoms with Crippen molar-refractivity contribution in [1.82, 2.24) is 0 Å². The molecule has 0 saturated heterocycles. The first kappa shape index (κ1) is 12.8. The Bertz CT molecular complexity index is 481. The smallest absolute Gasteiger partial charge is 0.300 e. The van der Waals surface area contributed by atoms with Crippen molar-refractivity contribution in [3.63, 3.8) is 0 Å². The highest BCUT2D eigenvalue weighted by Gasteiger charge is 2.27. The van der Waals surface area contributed by atoms with Crippen LogP contribution in [0.5, 0.6) is 0 Å². The SMILES string of the molecule is CNc1c([N+](=O)[O-])cc(C(=O)Cl)cc1[N+](=O)[O-]. The first-order valence-corrected chi connectivity index (χ1v) is 4.60. The maximum absolute atomic E-state index is 10.9. The van der Waals surface area contributed by atoms with Crippen LogP contribution in [0, 0.1) is 20.2 Å². The summed E-state index contributed by atoms with van der Waals surface area (Å²) in [5.74, 6) is 0. The van der Waals surface area contributed by atoms with Gasteiger partial charge in [0.15, 0.2) is 5.69 Å². The Morgan fingerprint density at radius 2 is 1.65 bits per heavy atom. The summed E-state index contributed by atoms with van der Waals surface area (Å²) in [6.45, 7) is 0. The van der Waals surface area contributed by atoms with Crippen LogP contribution in [0.3, 0.4) is 0 Å². The molecule has 90 valence electrons. The molecule has 1 N–H and O–H groups in total. The Balaban J connectivity index is 3.63. The number of halogens is 1. The van der Waals surface area contributed by atoms with Gasteiger partial charge in [-0.3, -0.25) is 25.0 Å². The lowest BCUT2D eigenvalue weighted by Crippen LogP contribution is -2.04. The van der Waals surface area contributed by atoms with Gasteiger partial charge in [0.1, 0.15) is 0 Å². The Morgan fingerprint density at radius 3 is 1.88 bits per heavy atom. The molecule has 1 rings (SSSR count). The van der Waals surface area contributed by atoms with Gasteiger partial charge in [-0.05, 0) is 11.6 Å². The molecule has 0 unspecified atom stereocenters. The quantitative estimate of drug-likeness (QED) is 0.502. The van der Waals surface area contributed by atoms with Crippen LogP contribution in [0.2, 0.25) is 0 Å². The molecule has 1 aromatic rings. The third-order valence-electron chi connectivity index (χ3n) is 1.97. The van der Waals surface area contributed by atoms with Crippen molar-refractivity contribution < 1.29 is 14.6 Å². The normalized spacial score (nSPS) is 9.76. The van der Waals surface area contributed by atoms with Gasteiger partial charge in [0.05, 0.1) is 9.85 Å². The minimum absolute atomic E-state index is 0.276. The van der Waals surface area contributed by atoms with Gasteiger partial charge in [-0.15, -0.1) is 0 Å². The topological polar surface area (TPSA) is 115 Å². The average molecular weight is 260 g/mol. The molecule has 0 aliphatic heterocycles. The van der Waals surface area contributed by atoms with Crippen molar-refractivity contribution in [1.29, 1.82) is 0 Å². The zero-order chi connectivity index (χ0) is 13.2. The average Bonchev–Trinajstić information content (AvgIpc) is 2.26. The van der Waals surface area contributed by atoms with E-state index in [1.165, 1.54) is 7.05 Å². The number of carbonyl (C=O) groups is 1. The van der Waals surface area contributed by atoms with Gasteiger partial charge in [0.25, 0.3) is 16.6 Å². The van der Waals surface area contributed by atoms with Crippen LogP contribution >= 0.6 is 11.6 Å². The summed E-state index contributed by atoms with van der Waals surface area (Å²) in [7, 11) is 1.30. The second kappa shape index (κ2) is 4.74. The Morgan fingerprint density at radius 1 is 1.24 bits per heavy atom. The van der Waals surface area contributed by atoms with E-state index in [-0.39, 0.29) is 11.3 Å². The molecule has 0 saturated carbocycles. The first-order valence-electron chi connectivity index (χ1n) is 4.23. The molecule has 0 amide bonds. The fraction of sp³-hybridized carbons (Fsp3) is 0.125. The lowest BCUT2D eigenvalue weighted by atomic mass is 10.1. The predicted molar refractivity (Wildman–Crippen MR) is 59.5 cm³/mol. The molecular weight excluding hydrogens is 254 g/mol. The number of anilines is 1. The van der Waals surface area contributed by atoms with Crippen molar-refractivity contribution in [2.45, 2.75) is 0 Å². The summed E-state index contributed by atoms with van der Waals surface area (Å²) in [6, 6.07) is 1.77. The summed E-state index contributed by atoms with van der Waals surface area (Å²) in [5, 5.41) is 22.8. The number of hydrogen-bond donors (Lipinski definition) is 1. The van der Waals surface area contributed by atoms with Gasteiger partial charge >= 0.3 is 0 Å². The number of nitrogens with one attached hydrogen (secondary N) is 1. The molecule has 8 nitrogen and oxygen atoms in total. The van der Waals surface area contributed by atoms with Gasteiger partial charge in [-0.1, -0.05) is 0 Å². The maximum atomic E-state index is 10.9. The lowest BCUT2D eigenvalue weighted by Gasteiger charge is -2.04. The van der Waals surface area contributed by atoms with Crippen molar-refractivity contribution in [2.75, 3.05) is 12.4 Å². The van der Waals surface area contributed by atoms with E-state index in [9.17, 15) is 25.0 Å². The minimum Gasteiger partial charge on any atom is -0.377 e. The number of carbonyl (C=O) groups excluding carboxylic acids is 1. The highest BCUT2D eigenvalue weighted by Crippen LogP contribution is 2.35. The monoisotopic (exact) mass is 259 g/mol. The molecule has 0 heterocycles. The molecule has 0 aromatic heterocycles. The minimum atomic E-state index is -1.00. The lowest BCUT2D eigenvalue weighted by molar-refractivity contribution is -0.392. The number of benzene rings is 1. The van der Waals surface area contributed by atoms with Crippen molar-refractivity contribution >= 4 is 33.9 Å². The zero-order valence-corrected chi connectivity index (χ0v) is 9.22. The van der Waals surface area contributed by atoms with E-state index >= 15 is 0 Å². The van der Waals surface area contributed by atoms with Crippen LogP contribution in [0.15, 0.2) is 12.1 Å². The molecule has 0 radical (unpaired) electrons. The van der Waals surface area contributed by atoms with E-state index in [1.807, 2.05) is 0 Å². The van der Waals surface area contributed by atoms with E-state index in [0.29, 0.717) is 0 Å². The summed E-state index contributed by atoms with van der Waals surface area (Å²) < 4.78 is 0. The standard InChI is InChI=1S/C8H6ClN3O5/c1-10-7-5(11(14)15)2-4(8(9)13)3-6(7)12(16)17/h2-3,10H,1H3. The van der Waals surface area contributed by atoms with Crippen molar-refractivity contribution in [3.05, 3.63) is 37.9 Å². The molecule has 1 aromatic carbocycles. The Labute approximate surface area is 99.5 Å². The van der Waals surface area contributed by atoms with Gasteiger partial charge in [0, 0.05) is 24.7 Å². The van der Waals surface area contributed by atoms with E-state index in [1.54, 1.807) is 0 Å². The van der Waals surface area contributed by atoms with E-state index < -0.39 is 26.5 Å². The second-order valence-electron chi connectivity index (χ2n) is 2.93. The largest absolute Gasteiger partial charge is 0.377 e. The van der Waals surface area contributed by atoms with Crippen molar-refractivity contribution in [2.24, 2.45) is 0 Å². The van der Waals surface area contributed by atoms with Crippen molar-refractivity contribution in [3.8, 4) is 0 Å². The fourth-order valence-electron chi connectivity index (χ4n) is 1.27. The number of nitro groups is 2. The van der Waals surface area contributed by atoms with Gasteiger partial charge in [0.2, 0.25) is 0 Å². The summed E-state index contributed by atoms with van der Waals surface area (Å²) in [6.07, 6.45) is 0. The van der Waals surface area contributed by atoms with Crippen LogP contribution in [0.25, 0.3) is 0 Å². The van der Waals surface area contributed by atoms with Crippen LogP contribution in [-0.2, 0) is 0 Å². The third-order valence-corrected chi connectivity index (χ3v) is 2.19. The number of rotatable bonds is 4. The summed E-state index contributed by atoms with van der Waals surface area (Å²) in [4.78, 5) is 30.7. The molecule has 0 fully saturated rings. The molecule has 0 spiro atoms. The fourth-order valence-corrected chi connectivity index (χ4v) is 1.38. The second-order valence-corrected chi connectivity index (χ2v) is 3.27. The van der Waals surface area contributed by atoms with E-state index in [2.05, 4.69) is 5.32 Å². The van der Waals surface area contributed by atoms with E-state index in [0.717, 1.165) is 12.1 Å². The molecule has 9 heteroatoms. The molecule has 0 aliphatic carbocycles. The number of hydrogen-bond acceptors (Lipinski definition) is 6. The van der Waals surface area contributed by atoms with E-state index in [4.69, 9.17) is 11.6 Å². The number of nitrogens with zero attached hydrogens (tertiary/aromatic N) is 2. The van der Waals surface area contributed by atoms with Gasteiger partial charge in [-0.25, -0.2) is 0 Å². The van der Waals surface area contributed by atoms with Gasteiger partial charge in [-0.2, -0.15) is 0 Å². The molecule has 0 atom stereocenters. The van der Waals surface area contributed by atoms with Crippen LogP contribution in [-0.4, -0.2) is 22.1 Å². The molecule has 0 bridgehead atoms. The molecule has 17 heavy (non-hydrogen) atoms. The predicted octanol–water partition coefficient (Wildman–Crippen LogP) is 1.92. The summed E-state index contributed by atoms with van der Waals surface area (Å²) >= 11 is 5.15. The highest BCUT2D eigenvalue weighted by atomic mass is 35.5. The Kier molecular flexibility index (Phi) is 3.59.